The van der Waals surface area contributed by atoms with E-state index in [4.69, 9.17) is 10.8 Å². The molecule has 0 saturated carbocycles. The van der Waals surface area contributed by atoms with E-state index >= 15 is 0 Å². The minimum Gasteiger partial charge on any atom is -0.389 e. The lowest BCUT2D eigenvalue weighted by Crippen LogP contribution is -2.04. The van der Waals surface area contributed by atoms with Crippen molar-refractivity contribution in [3.8, 4) is 0 Å². The monoisotopic (exact) mass is 129 g/mol. The van der Waals surface area contributed by atoms with Crippen molar-refractivity contribution in [2.45, 2.75) is 25.4 Å². The Morgan fingerprint density at radius 2 is 2.22 bits per heavy atom. The van der Waals surface area contributed by atoms with Gasteiger partial charge in [-0.15, -0.1) is 6.58 Å². The lowest BCUT2D eigenvalue weighted by Gasteiger charge is -2.01. The second kappa shape index (κ2) is 5.79. The van der Waals surface area contributed by atoms with Crippen LogP contribution in [0.2, 0.25) is 0 Å². The first-order valence-corrected chi connectivity index (χ1v) is 3.32. The summed E-state index contributed by atoms with van der Waals surface area (Å²) in [6, 6.07) is 0. The maximum Gasteiger partial charge on any atom is 0.0718 e. The van der Waals surface area contributed by atoms with Gasteiger partial charge in [0.25, 0.3) is 0 Å². The molecular weight excluding hydrogens is 114 g/mol. The fourth-order valence-corrected chi connectivity index (χ4v) is 0.616. The van der Waals surface area contributed by atoms with Crippen molar-refractivity contribution in [1.82, 2.24) is 0 Å². The zero-order valence-electron chi connectivity index (χ0n) is 5.71. The van der Waals surface area contributed by atoms with E-state index in [0.29, 0.717) is 6.54 Å². The van der Waals surface area contributed by atoms with E-state index in [9.17, 15) is 0 Å². The second-order valence-corrected chi connectivity index (χ2v) is 2.09. The third kappa shape index (κ3) is 5.53. The van der Waals surface area contributed by atoms with Gasteiger partial charge in [-0.1, -0.05) is 6.08 Å². The van der Waals surface area contributed by atoms with Crippen LogP contribution in [0.15, 0.2) is 12.7 Å². The summed E-state index contributed by atoms with van der Waals surface area (Å²) in [7, 11) is 0. The number of aliphatic hydroxyl groups is 1. The van der Waals surface area contributed by atoms with E-state index in [1.807, 2.05) is 0 Å². The molecule has 0 radical (unpaired) electrons. The van der Waals surface area contributed by atoms with E-state index in [2.05, 4.69) is 6.58 Å². The maximum absolute atomic E-state index is 8.93. The Morgan fingerprint density at radius 3 is 2.67 bits per heavy atom. The van der Waals surface area contributed by atoms with E-state index in [-0.39, 0.29) is 6.10 Å². The molecule has 0 aromatic heterocycles. The van der Waals surface area contributed by atoms with Crippen LogP contribution >= 0.6 is 0 Å². The van der Waals surface area contributed by atoms with Crippen molar-refractivity contribution < 1.29 is 5.11 Å². The van der Waals surface area contributed by atoms with Crippen LogP contribution in [0.25, 0.3) is 0 Å². The molecule has 0 fully saturated rings. The molecule has 9 heavy (non-hydrogen) atoms. The van der Waals surface area contributed by atoms with Crippen LogP contribution in [0, 0.1) is 0 Å². The summed E-state index contributed by atoms with van der Waals surface area (Å²) in [6.45, 7) is 4.17. The van der Waals surface area contributed by atoms with Gasteiger partial charge in [-0.25, -0.2) is 0 Å². The predicted octanol–water partition coefficient (Wildman–Crippen LogP) is 0.662. The number of hydrogen-bond donors (Lipinski definition) is 2. The number of rotatable bonds is 5. The van der Waals surface area contributed by atoms with Gasteiger partial charge in [0.2, 0.25) is 0 Å². The van der Waals surface area contributed by atoms with Gasteiger partial charge in [0, 0.05) is 0 Å². The van der Waals surface area contributed by atoms with Crippen LogP contribution in [-0.2, 0) is 0 Å². The Bertz CT molecular complexity index is 73.3. The topological polar surface area (TPSA) is 46.2 Å². The molecule has 1 unspecified atom stereocenters. The Kier molecular flexibility index (Phi) is 5.57. The lowest BCUT2D eigenvalue weighted by atomic mass is 10.1. The van der Waals surface area contributed by atoms with Gasteiger partial charge in [-0.2, -0.15) is 0 Å². The molecule has 0 aromatic carbocycles. The van der Waals surface area contributed by atoms with E-state index in [1.165, 1.54) is 0 Å². The average molecular weight is 129 g/mol. The van der Waals surface area contributed by atoms with Gasteiger partial charge in [0.15, 0.2) is 0 Å². The van der Waals surface area contributed by atoms with Crippen molar-refractivity contribution in [3.05, 3.63) is 12.7 Å². The first kappa shape index (κ1) is 8.66. The van der Waals surface area contributed by atoms with E-state index in [1.54, 1.807) is 6.08 Å². The number of nitrogens with two attached hydrogens (primary N) is 1. The van der Waals surface area contributed by atoms with Crippen LogP contribution in [0.1, 0.15) is 19.3 Å². The molecule has 0 saturated heterocycles. The number of unbranched alkanes of at least 4 members (excludes halogenated alkanes) is 1. The van der Waals surface area contributed by atoms with Gasteiger partial charge < -0.3 is 10.8 Å². The molecule has 0 amide bonds. The minimum absolute atomic E-state index is 0.337. The Balaban J connectivity index is 2.96. The summed E-state index contributed by atoms with van der Waals surface area (Å²) >= 11 is 0. The molecule has 1 atom stereocenters. The Morgan fingerprint density at radius 1 is 1.56 bits per heavy atom. The molecule has 2 nitrogen and oxygen atoms in total. The van der Waals surface area contributed by atoms with Gasteiger partial charge in [-0.3, -0.25) is 0 Å². The summed E-state index contributed by atoms with van der Waals surface area (Å²) in [5.74, 6) is 0. The van der Waals surface area contributed by atoms with Crippen molar-refractivity contribution in [1.29, 1.82) is 0 Å². The van der Waals surface area contributed by atoms with Crippen molar-refractivity contribution in [2.24, 2.45) is 5.73 Å². The molecule has 0 aliphatic heterocycles. The molecule has 2 heteroatoms. The third-order valence-corrected chi connectivity index (χ3v) is 1.23. The van der Waals surface area contributed by atoms with Crippen molar-refractivity contribution in [3.63, 3.8) is 0 Å². The highest BCUT2D eigenvalue weighted by atomic mass is 16.3. The Labute approximate surface area is 56.4 Å². The number of hydrogen-bond acceptors (Lipinski definition) is 2. The average Bonchev–Trinajstić information content (AvgIpc) is 1.89. The zero-order chi connectivity index (χ0) is 7.11. The SMILES string of the molecule is C=CC(O)CCCCN. The van der Waals surface area contributed by atoms with Gasteiger partial charge in [0.05, 0.1) is 6.10 Å². The zero-order valence-corrected chi connectivity index (χ0v) is 5.71. The molecule has 0 spiro atoms. The molecular formula is C7H15NO. The molecule has 0 aliphatic carbocycles. The third-order valence-electron chi connectivity index (χ3n) is 1.23. The molecule has 54 valence electrons. The van der Waals surface area contributed by atoms with Crippen molar-refractivity contribution in [2.75, 3.05) is 6.54 Å². The van der Waals surface area contributed by atoms with Crippen LogP contribution in [0.3, 0.4) is 0 Å². The summed E-state index contributed by atoms with van der Waals surface area (Å²) in [4.78, 5) is 0. The first-order valence-electron chi connectivity index (χ1n) is 3.32. The van der Waals surface area contributed by atoms with Gasteiger partial charge in [-0.05, 0) is 25.8 Å². The quantitative estimate of drug-likeness (QED) is 0.423. The molecule has 0 rings (SSSR count). The second-order valence-electron chi connectivity index (χ2n) is 2.09. The summed E-state index contributed by atoms with van der Waals surface area (Å²) < 4.78 is 0. The largest absolute Gasteiger partial charge is 0.389 e. The standard InChI is InChI=1S/C7H15NO/c1-2-7(9)5-3-4-6-8/h2,7,9H,1,3-6,8H2. The lowest BCUT2D eigenvalue weighted by molar-refractivity contribution is 0.209. The molecule has 0 heterocycles. The molecule has 3 N–H and O–H groups in total. The highest BCUT2D eigenvalue weighted by molar-refractivity contribution is 4.77. The van der Waals surface area contributed by atoms with Crippen LogP contribution in [0.5, 0.6) is 0 Å². The van der Waals surface area contributed by atoms with Crippen LogP contribution in [0.4, 0.5) is 0 Å². The summed E-state index contributed by atoms with van der Waals surface area (Å²) in [5, 5.41) is 8.93. The molecule has 0 aliphatic rings. The normalized spacial score (nSPS) is 13.1. The molecule has 0 bridgehead atoms. The highest BCUT2D eigenvalue weighted by Crippen LogP contribution is 1.99. The van der Waals surface area contributed by atoms with Crippen molar-refractivity contribution >= 4 is 0 Å². The summed E-state index contributed by atoms with van der Waals surface area (Å²) in [5.41, 5.74) is 5.25. The highest BCUT2D eigenvalue weighted by Gasteiger charge is 1.94. The molecule has 0 aromatic rings. The smallest absolute Gasteiger partial charge is 0.0718 e. The first-order chi connectivity index (χ1) is 4.31. The van der Waals surface area contributed by atoms with Gasteiger partial charge in [0.1, 0.15) is 0 Å². The van der Waals surface area contributed by atoms with Gasteiger partial charge >= 0.3 is 0 Å². The summed E-state index contributed by atoms with van der Waals surface area (Å²) in [6.07, 6.45) is 3.99. The Hall–Kier alpha value is -0.340. The number of aliphatic hydroxyl groups excluding tert-OH is 1. The fraction of sp³-hybridized carbons (Fsp3) is 0.714. The van der Waals surface area contributed by atoms with E-state index in [0.717, 1.165) is 19.3 Å². The fourth-order valence-electron chi connectivity index (χ4n) is 0.616. The minimum atomic E-state index is -0.337. The van der Waals surface area contributed by atoms with E-state index < -0.39 is 0 Å². The van der Waals surface area contributed by atoms with Crippen LogP contribution in [-0.4, -0.2) is 17.8 Å². The maximum atomic E-state index is 8.93. The van der Waals surface area contributed by atoms with Crippen LogP contribution < -0.4 is 5.73 Å². The predicted molar refractivity (Wildman–Crippen MR) is 39.1 cm³/mol.